The Morgan fingerprint density at radius 2 is 2.15 bits per heavy atom. The summed E-state index contributed by atoms with van der Waals surface area (Å²) in [5.74, 6) is -0.797. The van der Waals surface area contributed by atoms with Gasteiger partial charge in [-0.05, 0) is 32.8 Å². The predicted molar refractivity (Wildman–Crippen MR) is 76.0 cm³/mol. The van der Waals surface area contributed by atoms with E-state index in [1.54, 1.807) is 19.9 Å². The van der Waals surface area contributed by atoms with Crippen LogP contribution >= 0.6 is 0 Å². The van der Waals surface area contributed by atoms with Gasteiger partial charge in [-0.15, -0.1) is 0 Å². The molecule has 0 aromatic carbocycles. The molecule has 20 heavy (non-hydrogen) atoms. The molecule has 0 radical (unpaired) electrons. The molecule has 0 aliphatic carbocycles. The molecule has 2 rings (SSSR count). The SMILES string of the molecule is Cc1cc(NC2CCCS(=O)(=O)C2)c(C(=O)O)c(C)n1. The lowest BCUT2D eigenvalue weighted by Gasteiger charge is -2.25. The number of nitrogens with zero attached hydrogens (tertiary/aromatic N) is 1. The van der Waals surface area contributed by atoms with Gasteiger partial charge in [0.15, 0.2) is 9.84 Å². The number of anilines is 1. The van der Waals surface area contributed by atoms with E-state index in [-0.39, 0.29) is 23.1 Å². The van der Waals surface area contributed by atoms with Crippen LogP contribution in [0.1, 0.15) is 34.6 Å². The molecule has 1 aromatic heterocycles. The second-order valence-corrected chi connectivity index (χ2v) is 7.40. The summed E-state index contributed by atoms with van der Waals surface area (Å²) in [6, 6.07) is 1.41. The number of rotatable bonds is 3. The fourth-order valence-electron chi connectivity index (χ4n) is 2.57. The third-order valence-corrected chi connectivity index (χ3v) is 5.19. The number of hydrogen-bond donors (Lipinski definition) is 2. The van der Waals surface area contributed by atoms with E-state index in [1.165, 1.54) is 0 Å². The highest BCUT2D eigenvalue weighted by atomic mass is 32.2. The summed E-state index contributed by atoms with van der Waals surface area (Å²) in [5.41, 5.74) is 1.69. The summed E-state index contributed by atoms with van der Waals surface area (Å²) < 4.78 is 23.3. The van der Waals surface area contributed by atoms with Gasteiger partial charge in [0.05, 0.1) is 22.9 Å². The fourth-order valence-corrected chi connectivity index (χ4v) is 4.21. The Bertz CT molecular complexity index is 640. The second-order valence-electron chi connectivity index (χ2n) is 5.17. The molecular formula is C13H18N2O4S. The smallest absolute Gasteiger partial charge is 0.339 e. The van der Waals surface area contributed by atoms with Gasteiger partial charge in [0.25, 0.3) is 0 Å². The minimum Gasteiger partial charge on any atom is -0.478 e. The van der Waals surface area contributed by atoms with Crippen molar-refractivity contribution in [2.75, 3.05) is 16.8 Å². The Balaban J connectivity index is 2.31. The van der Waals surface area contributed by atoms with Gasteiger partial charge in [-0.1, -0.05) is 0 Å². The van der Waals surface area contributed by atoms with Crippen molar-refractivity contribution in [3.63, 3.8) is 0 Å². The van der Waals surface area contributed by atoms with Gasteiger partial charge in [-0.2, -0.15) is 0 Å². The standard InChI is InChI=1S/C13H18N2O4S/c1-8-6-11(12(13(16)17)9(2)14-8)15-10-4-3-5-20(18,19)7-10/h6,10H,3-5,7H2,1-2H3,(H,14,15)(H,16,17). The zero-order valence-corrected chi connectivity index (χ0v) is 12.3. The van der Waals surface area contributed by atoms with Gasteiger partial charge in [0.2, 0.25) is 0 Å². The summed E-state index contributed by atoms with van der Waals surface area (Å²) in [6.45, 7) is 3.42. The summed E-state index contributed by atoms with van der Waals surface area (Å²) in [7, 11) is -3.03. The molecule has 1 unspecified atom stereocenters. The Morgan fingerprint density at radius 3 is 2.75 bits per heavy atom. The van der Waals surface area contributed by atoms with Crippen molar-refractivity contribution in [2.24, 2.45) is 0 Å². The van der Waals surface area contributed by atoms with Crippen LogP contribution in [0.15, 0.2) is 6.07 Å². The molecule has 0 bridgehead atoms. The lowest BCUT2D eigenvalue weighted by atomic mass is 10.1. The van der Waals surface area contributed by atoms with Gasteiger partial charge in [-0.3, -0.25) is 4.98 Å². The molecule has 7 heteroatoms. The van der Waals surface area contributed by atoms with Crippen LogP contribution in [0.3, 0.4) is 0 Å². The molecule has 1 aliphatic rings. The number of sulfone groups is 1. The van der Waals surface area contributed by atoms with Crippen molar-refractivity contribution < 1.29 is 18.3 Å². The van der Waals surface area contributed by atoms with Crippen molar-refractivity contribution in [1.29, 1.82) is 0 Å². The van der Waals surface area contributed by atoms with E-state index in [0.29, 0.717) is 23.5 Å². The van der Waals surface area contributed by atoms with Crippen molar-refractivity contribution in [1.82, 2.24) is 4.98 Å². The third kappa shape index (κ3) is 3.27. The minimum absolute atomic E-state index is 0.0481. The summed E-state index contributed by atoms with van der Waals surface area (Å²) >= 11 is 0. The first-order valence-corrected chi connectivity index (χ1v) is 8.29. The quantitative estimate of drug-likeness (QED) is 0.875. The van der Waals surface area contributed by atoms with Crippen LogP contribution in [0.2, 0.25) is 0 Å². The summed E-state index contributed by atoms with van der Waals surface area (Å²) in [5, 5.41) is 12.3. The van der Waals surface area contributed by atoms with Crippen LogP contribution in [0.25, 0.3) is 0 Å². The molecule has 1 atom stereocenters. The molecule has 0 amide bonds. The molecule has 2 N–H and O–H groups in total. The average molecular weight is 298 g/mol. The highest BCUT2D eigenvalue weighted by Gasteiger charge is 2.26. The maximum absolute atomic E-state index is 11.6. The first kappa shape index (κ1) is 14.8. The van der Waals surface area contributed by atoms with Crippen LogP contribution in [-0.2, 0) is 9.84 Å². The zero-order valence-electron chi connectivity index (χ0n) is 11.5. The maximum atomic E-state index is 11.6. The average Bonchev–Trinajstić information content (AvgIpc) is 2.25. The van der Waals surface area contributed by atoms with Crippen LogP contribution in [0.5, 0.6) is 0 Å². The number of hydrogen-bond acceptors (Lipinski definition) is 5. The van der Waals surface area contributed by atoms with Crippen molar-refractivity contribution in [3.8, 4) is 0 Å². The van der Waals surface area contributed by atoms with Crippen LogP contribution in [-0.4, -0.2) is 42.0 Å². The lowest BCUT2D eigenvalue weighted by Crippen LogP contribution is -2.35. The van der Waals surface area contributed by atoms with Crippen molar-refractivity contribution in [3.05, 3.63) is 23.0 Å². The van der Waals surface area contributed by atoms with Crippen molar-refractivity contribution in [2.45, 2.75) is 32.7 Å². The number of pyridine rings is 1. The van der Waals surface area contributed by atoms with E-state index in [2.05, 4.69) is 10.3 Å². The number of aromatic nitrogens is 1. The highest BCUT2D eigenvalue weighted by molar-refractivity contribution is 7.91. The molecule has 0 saturated carbocycles. The number of carbonyl (C=O) groups is 1. The van der Waals surface area contributed by atoms with Gasteiger partial charge >= 0.3 is 5.97 Å². The molecule has 1 fully saturated rings. The van der Waals surface area contributed by atoms with Crippen LogP contribution < -0.4 is 5.32 Å². The van der Waals surface area contributed by atoms with Gasteiger partial charge in [0.1, 0.15) is 5.56 Å². The summed E-state index contributed by atoms with van der Waals surface area (Å²) in [4.78, 5) is 15.5. The number of carboxylic acids is 1. The predicted octanol–water partition coefficient (Wildman–Crippen LogP) is 1.39. The third-order valence-electron chi connectivity index (χ3n) is 3.36. The Labute approximate surface area is 118 Å². The number of aryl methyl sites for hydroxylation is 2. The Kier molecular flexibility index (Phi) is 3.99. The Hall–Kier alpha value is -1.63. The van der Waals surface area contributed by atoms with Crippen LogP contribution in [0.4, 0.5) is 5.69 Å². The van der Waals surface area contributed by atoms with E-state index < -0.39 is 15.8 Å². The largest absolute Gasteiger partial charge is 0.478 e. The van der Waals surface area contributed by atoms with E-state index in [1.807, 2.05) is 0 Å². The van der Waals surface area contributed by atoms with E-state index in [9.17, 15) is 18.3 Å². The van der Waals surface area contributed by atoms with Crippen molar-refractivity contribution >= 4 is 21.5 Å². The topological polar surface area (TPSA) is 96.4 Å². The maximum Gasteiger partial charge on any atom is 0.339 e. The van der Waals surface area contributed by atoms with Gasteiger partial charge in [0, 0.05) is 11.7 Å². The molecule has 110 valence electrons. The first-order valence-electron chi connectivity index (χ1n) is 6.47. The number of carboxylic acid groups (broad SMARTS) is 1. The fraction of sp³-hybridized carbons (Fsp3) is 0.538. The molecule has 1 aliphatic heterocycles. The zero-order chi connectivity index (χ0) is 14.9. The highest BCUT2D eigenvalue weighted by Crippen LogP contribution is 2.23. The van der Waals surface area contributed by atoms with E-state index in [4.69, 9.17) is 0 Å². The molecule has 2 heterocycles. The molecule has 0 spiro atoms. The Morgan fingerprint density at radius 1 is 1.45 bits per heavy atom. The van der Waals surface area contributed by atoms with E-state index >= 15 is 0 Å². The minimum atomic E-state index is -3.03. The molecular weight excluding hydrogens is 280 g/mol. The first-order chi connectivity index (χ1) is 9.28. The van der Waals surface area contributed by atoms with Gasteiger partial charge in [-0.25, -0.2) is 13.2 Å². The molecule has 6 nitrogen and oxygen atoms in total. The second kappa shape index (κ2) is 5.40. The normalized spacial score (nSPS) is 21.4. The van der Waals surface area contributed by atoms with Gasteiger partial charge < -0.3 is 10.4 Å². The van der Waals surface area contributed by atoms with Crippen LogP contribution in [0, 0.1) is 13.8 Å². The summed E-state index contributed by atoms with van der Waals surface area (Å²) in [6.07, 6.45) is 1.32. The lowest BCUT2D eigenvalue weighted by molar-refractivity contribution is 0.0696. The monoisotopic (exact) mass is 298 g/mol. The number of aromatic carboxylic acids is 1. The van der Waals surface area contributed by atoms with E-state index in [0.717, 1.165) is 6.42 Å². The number of nitrogens with one attached hydrogen (secondary N) is 1. The molecule has 1 aromatic rings. The molecule has 1 saturated heterocycles.